The van der Waals surface area contributed by atoms with E-state index >= 15 is 4.39 Å². The number of halogens is 6. The van der Waals surface area contributed by atoms with E-state index in [1.807, 2.05) is 0 Å². The minimum Gasteiger partial charge on any atom is -0.376 e. The van der Waals surface area contributed by atoms with Gasteiger partial charge in [0.05, 0.1) is 19.3 Å². The maximum Gasteiger partial charge on any atom is 0.401 e. The Labute approximate surface area is 214 Å². The standard InChI is InChI=1S/C25H25F6N3O2S/c1-14-7-18-21(10-26)37-23(33-22(35)15-5-3-2-4-6-15)34-24(18,13-36-14)17-8-16(19(27)9-20(17)28)11-32-12-25(29,30)31/h2-6,8-9,14,18,21,32H,7,10-13H2,1H3,(H,33,34,35)/t14-,18-,21+,24+/m0/s1. The van der Waals surface area contributed by atoms with Crippen molar-refractivity contribution in [3.8, 4) is 0 Å². The Balaban J connectivity index is 1.75. The van der Waals surface area contributed by atoms with Gasteiger partial charge in [0, 0.05) is 40.5 Å². The first-order valence-electron chi connectivity index (χ1n) is 11.6. The second kappa shape index (κ2) is 11.0. The van der Waals surface area contributed by atoms with Crippen LogP contribution in [0.3, 0.4) is 0 Å². The van der Waals surface area contributed by atoms with E-state index < -0.39 is 60.2 Å². The Morgan fingerprint density at radius 3 is 2.59 bits per heavy atom. The Hall–Kier alpha value is -2.57. The van der Waals surface area contributed by atoms with Gasteiger partial charge in [0.1, 0.15) is 23.8 Å². The van der Waals surface area contributed by atoms with Crippen LogP contribution in [0.1, 0.15) is 34.8 Å². The summed E-state index contributed by atoms with van der Waals surface area (Å²) in [7, 11) is 0. The van der Waals surface area contributed by atoms with Crippen LogP contribution < -0.4 is 10.6 Å². The molecule has 2 aliphatic heterocycles. The number of carbonyl (C=O) groups excluding carboxylic acids is 1. The second-order valence-electron chi connectivity index (χ2n) is 9.08. The molecule has 5 nitrogen and oxygen atoms in total. The fourth-order valence-electron chi connectivity index (χ4n) is 4.70. The van der Waals surface area contributed by atoms with Crippen LogP contribution in [0.4, 0.5) is 26.3 Å². The molecule has 0 spiro atoms. The van der Waals surface area contributed by atoms with Gasteiger partial charge in [0.2, 0.25) is 0 Å². The molecule has 200 valence electrons. The molecular weight excluding hydrogens is 520 g/mol. The fourth-order valence-corrected chi connectivity index (χ4v) is 5.91. The number of aliphatic imine (C=N–C) groups is 1. The fraction of sp³-hybridized carbons (Fsp3) is 0.440. The summed E-state index contributed by atoms with van der Waals surface area (Å²) < 4.78 is 87.7. The van der Waals surface area contributed by atoms with Crippen LogP contribution in [0.2, 0.25) is 0 Å². The minimum atomic E-state index is -4.51. The molecule has 0 aromatic heterocycles. The van der Waals surface area contributed by atoms with Crippen LogP contribution in [0, 0.1) is 17.6 Å². The van der Waals surface area contributed by atoms with Crippen molar-refractivity contribution in [2.75, 3.05) is 19.8 Å². The Morgan fingerprint density at radius 2 is 1.92 bits per heavy atom. The smallest absolute Gasteiger partial charge is 0.376 e. The number of amides is 1. The van der Waals surface area contributed by atoms with Crippen molar-refractivity contribution in [1.29, 1.82) is 0 Å². The number of hydrogen-bond acceptors (Lipinski definition) is 5. The van der Waals surface area contributed by atoms with E-state index in [1.54, 1.807) is 37.3 Å². The predicted octanol–water partition coefficient (Wildman–Crippen LogP) is 5.11. The molecule has 2 aliphatic rings. The average Bonchev–Trinajstić information content (AvgIpc) is 2.85. The molecule has 1 amide bonds. The van der Waals surface area contributed by atoms with E-state index in [4.69, 9.17) is 4.74 Å². The lowest BCUT2D eigenvalue weighted by Crippen LogP contribution is -2.54. The molecule has 0 bridgehead atoms. The monoisotopic (exact) mass is 545 g/mol. The van der Waals surface area contributed by atoms with Gasteiger partial charge in [-0.25, -0.2) is 18.2 Å². The van der Waals surface area contributed by atoms with Crippen molar-refractivity contribution in [2.45, 2.75) is 43.0 Å². The third kappa shape index (κ3) is 6.12. The number of fused-ring (bicyclic) bond motifs is 1. The summed E-state index contributed by atoms with van der Waals surface area (Å²) in [5, 5.41) is 4.08. The highest BCUT2D eigenvalue weighted by Gasteiger charge is 2.53. The number of ether oxygens (including phenoxy) is 1. The van der Waals surface area contributed by atoms with E-state index in [0.29, 0.717) is 18.1 Å². The number of alkyl halides is 4. The van der Waals surface area contributed by atoms with Crippen LogP contribution in [0.15, 0.2) is 47.5 Å². The van der Waals surface area contributed by atoms with Crippen molar-refractivity contribution in [3.63, 3.8) is 0 Å². The van der Waals surface area contributed by atoms with E-state index in [9.17, 15) is 26.7 Å². The van der Waals surface area contributed by atoms with Crippen LogP contribution in [-0.4, -0.2) is 48.4 Å². The normalized spacial score (nSPS) is 25.8. The quantitative estimate of drug-likeness (QED) is 0.496. The molecule has 0 unspecified atom stereocenters. The zero-order valence-electron chi connectivity index (χ0n) is 19.7. The molecule has 2 N–H and O–H groups in total. The van der Waals surface area contributed by atoms with E-state index in [2.05, 4.69) is 15.6 Å². The van der Waals surface area contributed by atoms with Crippen LogP contribution in [-0.2, 0) is 16.8 Å². The highest BCUT2D eigenvalue weighted by Crippen LogP contribution is 2.50. The molecule has 1 fully saturated rings. The molecule has 37 heavy (non-hydrogen) atoms. The van der Waals surface area contributed by atoms with Gasteiger partial charge >= 0.3 is 6.18 Å². The molecule has 12 heteroatoms. The predicted molar refractivity (Wildman–Crippen MR) is 128 cm³/mol. The Morgan fingerprint density at radius 1 is 1.19 bits per heavy atom. The first-order chi connectivity index (χ1) is 17.5. The van der Waals surface area contributed by atoms with Gasteiger partial charge in [-0.15, -0.1) is 0 Å². The molecule has 4 rings (SSSR count). The van der Waals surface area contributed by atoms with Crippen molar-refractivity contribution in [2.24, 2.45) is 10.9 Å². The number of hydrogen-bond donors (Lipinski definition) is 2. The molecule has 4 atom stereocenters. The van der Waals surface area contributed by atoms with E-state index in [1.165, 1.54) is 0 Å². The number of carbonyl (C=O) groups is 1. The summed E-state index contributed by atoms with van der Waals surface area (Å²) in [6.07, 6.45) is -4.50. The molecule has 2 aromatic carbocycles. The molecular formula is C25H25F6N3O2S. The lowest BCUT2D eigenvalue weighted by Gasteiger charge is -2.49. The number of thioether (sulfide) groups is 1. The van der Waals surface area contributed by atoms with Gasteiger partial charge < -0.3 is 15.4 Å². The average molecular weight is 546 g/mol. The molecule has 1 saturated heterocycles. The zero-order chi connectivity index (χ0) is 26.8. The largest absolute Gasteiger partial charge is 0.401 e. The SMILES string of the molecule is C[C@H]1C[C@H]2[C@@H](CF)SC(NC(=O)c3ccccc3)=N[C@@]2(c2cc(CNCC(F)(F)F)c(F)cc2F)CO1. The number of nitrogens with zero attached hydrogens (tertiary/aromatic N) is 1. The molecule has 2 heterocycles. The summed E-state index contributed by atoms with van der Waals surface area (Å²) in [6.45, 7) is -1.08. The lowest BCUT2D eigenvalue weighted by atomic mass is 9.72. The Bertz CT molecular complexity index is 1160. The molecule has 0 radical (unpaired) electrons. The number of benzene rings is 2. The van der Waals surface area contributed by atoms with Gasteiger partial charge in [-0.05, 0) is 31.5 Å². The van der Waals surface area contributed by atoms with Gasteiger partial charge in [-0.2, -0.15) is 13.2 Å². The van der Waals surface area contributed by atoms with Crippen molar-refractivity contribution in [3.05, 3.63) is 70.8 Å². The van der Waals surface area contributed by atoms with Crippen LogP contribution in [0.5, 0.6) is 0 Å². The maximum absolute atomic E-state index is 15.3. The highest BCUT2D eigenvalue weighted by atomic mass is 32.2. The van der Waals surface area contributed by atoms with Gasteiger partial charge in [-0.3, -0.25) is 4.79 Å². The summed E-state index contributed by atoms with van der Waals surface area (Å²) >= 11 is 1.02. The van der Waals surface area contributed by atoms with Crippen molar-refractivity contribution < 1.29 is 35.9 Å². The van der Waals surface area contributed by atoms with Gasteiger partial charge in [0.15, 0.2) is 5.17 Å². The highest BCUT2D eigenvalue weighted by molar-refractivity contribution is 8.14. The van der Waals surface area contributed by atoms with Gasteiger partial charge in [0.25, 0.3) is 5.91 Å². The molecule has 0 aliphatic carbocycles. The van der Waals surface area contributed by atoms with Crippen molar-refractivity contribution >= 4 is 22.8 Å². The van der Waals surface area contributed by atoms with Crippen molar-refractivity contribution in [1.82, 2.24) is 10.6 Å². The topological polar surface area (TPSA) is 62.7 Å². The summed E-state index contributed by atoms with van der Waals surface area (Å²) in [5.74, 6) is -3.09. The van der Waals surface area contributed by atoms with Crippen LogP contribution in [0.25, 0.3) is 0 Å². The number of amidine groups is 1. The third-order valence-corrected chi connectivity index (χ3v) is 7.63. The van der Waals surface area contributed by atoms with Gasteiger partial charge in [-0.1, -0.05) is 30.0 Å². The number of rotatable bonds is 6. The summed E-state index contributed by atoms with van der Waals surface area (Å²) in [5.41, 5.74) is -1.52. The first kappa shape index (κ1) is 27.5. The molecule has 2 aromatic rings. The molecule has 0 saturated carbocycles. The summed E-state index contributed by atoms with van der Waals surface area (Å²) in [4.78, 5) is 17.4. The zero-order valence-corrected chi connectivity index (χ0v) is 20.6. The minimum absolute atomic E-state index is 0.0476. The summed E-state index contributed by atoms with van der Waals surface area (Å²) in [6, 6.07) is 9.96. The van der Waals surface area contributed by atoms with E-state index in [-0.39, 0.29) is 29.0 Å². The van der Waals surface area contributed by atoms with E-state index in [0.717, 1.165) is 17.8 Å². The number of nitrogens with one attached hydrogen (secondary N) is 2. The van der Waals surface area contributed by atoms with Crippen LogP contribution >= 0.6 is 11.8 Å². The second-order valence-corrected chi connectivity index (χ2v) is 10.3. The Kier molecular flexibility index (Phi) is 8.20. The maximum atomic E-state index is 15.3. The first-order valence-corrected chi connectivity index (χ1v) is 12.5. The lowest BCUT2D eigenvalue weighted by molar-refractivity contribution is -0.125. The third-order valence-electron chi connectivity index (χ3n) is 6.45.